The lowest BCUT2D eigenvalue weighted by Gasteiger charge is -2.34. The van der Waals surface area contributed by atoms with Crippen molar-refractivity contribution in [2.45, 2.75) is 31.9 Å². The number of hydrogen-bond donors (Lipinski definition) is 1. The lowest BCUT2D eigenvalue weighted by molar-refractivity contribution is -0.0319. The summed E-state index contributed by atoms with van der Waals surface area (Å²) in [4.78, 5) is 12.2. The van der Waals surface area contributed by atoms with Gasteiger partial charge in [-0.15, -0.1) is 19.7 Å². The lowest BCUT2D eigenvalue weighted by Crippen LogP contribution is -2.59. The van der Waals surface area contributed by atoms with Crippen LogP contribution in [0.2, 0.25) is 0 Å². The topological polar surface area (TPSA) is 66.0 Å². The molecule has 1 amide bonds. The highest BCUT2D eigenvalue weighted by Crippen LogP contribution is 2.13. The summed E-state index contributed by atoms with van der Waals surface area (Å²) < 4.78 is 22.0. The molecule has 0 fully saturated rings. The van der Waals surface area contributed by atoms with Gasteiger partial charge in [-0.3, -0.25) is 0 Å². The predicted molar refractivity (Wildman–Crippen MR) is 95.1 cm³/mol. The van der Waals surface area contributed by atoms with Crippen LogP contribution in [0.5, 0.6) is 0 Å². The highest BCUT2D eigenvalue weighted by atomic mass is 16.6. The molecule has 0 aliphatic rings. The van der Waals surface area contributed by atoms with Crippen molar-refractivity contribution in [2.24, 2.45) is 0 Å². The first-order valence-corrected chi connectivity index (χ1v) is 7.85. The van der Waals surface area contributed by atoms with E-state index in [1.807, 2.05) is 0 Å². The Kier molecular flexibility index (Phi) is 11.0. The van der Waals surface area contributed by atoms with E-state index in [1.54, 1.807) is 39.0 Å². The molecular formula is C18H31NO5. The van der Waals surface area contributed by atoms with E-state index in [1.165, 1.54) is 0 Å². The molecule has 0 heterocycles. The Labute approximate surface area is 145 Å². The second-order valence-electron chi connectivity index (χ2n) is 6.32. The molecule has 0 spiro atoms. The van der Waals surface area contributed by atoms with Crippen molar-refractivity contribution in [3.05, 3.63) is 38.0 Å². The van der Waals surface area contributed by atoms with Crippen LogP contribution in [0.1, 0.15) is 20.8 Å². The quantitative estimate of drug-likeness (QED) is 0.412. The molecule has 0 atom stereocenters. The molecule has 0 rings (SSSR count). The van der Waals surface area contributed by atoms with E-state index in [2.05, 4.69) is 25.1 Å². The third-order valence-electron chi connectivity index (χ3n) is 2.61. The van der Waals surface area contributed by atoms with Gasteiger partial charge in [-0.25, -0.2) is 4.79 Å². The normalized spacial score (nSPS) is 11.6. The Morgan fingerprint density at radius 3 is 1.54 bits per heavy atom. The molecule has 0 unspecified atom stereocenters. The van der Waals surface area contributed by atoms with Gasteiger partial charge in [0.1, 0.15) is 11.1 Å². The number of carbonyl (C=O) groups excluding carboxylic acids is 1. The molecule has 0 aliphatic carbocycles. The summed E-state index contributed by atoms with van der Waals surface area (Å²) in [5.74, 6) is 0. The number of hydrogen-bond acceptors (Lipinski definition) is 5. The summed E-state index contributed by atoms with van der Waals surface area (Å²) in [6, 6.07) is 0. The minimum Gasteiger partial charge on any atom is -0.444 e. The van der Waals surface area contributed by atoms with Crippen LogP contribution in [0.25, 0.3) is 0 Å². The summed E-state index contributed by atoms with van der Waals surface area (Å²) >= 11 is 0. The summed E-state index contributed by atoms with van der Waals surface area (Å²) in [6.45, 7) is 17.8. The van der Waals surface area contributed by atoms with Gasteiger partial charge in [-0.1, -0.05) is 18.2 Å². The van der Waals surface area contributed by atoms with Crippen LogP contribution < -0.4 is 5.32 Å². The second kappa shape index (κ2) is 11.8. The molecule has 0 aromatic heterocycles. The Balaban J connectivity index is 5.08. The molecule has 6 heteroatoms. The van der Waals surface area contributed by atoms with Crippen molar-refractivity contribution >= 4 is 6.09 Å². The summed E-state index contributed by atoms with van der Waals surface area (Å²) in [5, 5.41) is 2.82. The number of carbonyl (C=O) groups is 1. The lowest BCUT2D eigenvalue weighted by atomic mass is 10.0. The van der Waals surface area contributed by atoms with Crippen LogP contribution in [0.4, 0.5) is 4.79 Å². The first-order chi connectivity index (χ1) is 11.3. The maximum absolute atomic E-state index is 12.2. The van der Waals surface area contributed by atoms with E-state index in [4.69, 9.17) is 18.9 Å². The number of alkyl carbamates (subject to hydrolysis) is 1. The number of ether oxygens (including phenoxy) is 4. The zero-order valence-electron chi connectivity index (χ0n) is 15.1. The zero-order valence-corrected chi connectivity index (χ0v) is 15.1. The van der Waals surface area contributed by atoms with Crippen LogP contribution in [-0.2, 0) is 18.9 Å². The van der Waals surface area contributed by atoms with Gasteiger partial charge in [-0.05, 0) is 20.8 Å². The third-order valence-corrected chi connectivity index (χ3v) is 2.61. The standard InChI is InChI=1S/C18H31NO5/c1-7-10-21-13-18(14-22-11-8-2,15-23-12-9-3)19-16(20)24-17(4,5)6/h7-9H,1-3,10-15H2,4-6H3,(H,19,20). The zero-order chi connectivity index (χ0) is 18.5. The van der Waals surface area contributed by atoms with E-state index in [0.717, 1.165) is 0 Å². The van der Waals surface area contributed by atoms with Gasteiger partial charge in [0.25, 0.3) is 0 Å². The Hall–Kier alpha value is -1.63. The van der Waals surface area contributed by atoms with Crippen LogP contribution in [0, 0.1) is 0 Å². The summed E-state index contributed by atoms with van der Waals surface area (Å²) in [6.07, 6.45) is 4.34. The van der Waals surface area contributed by atoms with E-state index in [9.17, 15) is 4.79 Å². The number of rotatable bonds is 13. The van der Waals surface area contributed by atoms with Gasteiger partial charge in [0, 0.05) is 0 Å². The highest BCUT2D eigenvalue weighted by Gasteiger charge is 2.35. The minimum absolute atomic E-state index is 0.187. The Morgan fingerprint density at radius 2 is 1.25 bits per heavy atom. The molecule has 0 saturated carbocycles. The molecule has 0 saturated heterocycles. The van der Waals surface area contributed by atoms with Crippen molar-refractivity contribution in [3.8, 4) is 0 Å². The molecule has 0 bridgehead atoms. The summed E-state index contributed by atoms with van der Waals surface area (Å²) in [5.41, 5.74) is -1.50. The third kappa shape index (κ3) is 11.0. The van der Waals surface area contributed by atoms with Crippen LogP contribution in [-0.4, -0.2) is 56.9 Å². The van der Waals surface area contributed by atoms with E-state index in [-0.39, 0.29) is 19.8 Å². The Bertz CT molecular complexity index is 365. The predicted octanol–water partition coefficient (Wildman–Crippen LogP) is 2.86. The van der Waals surface area contributed by atoms with Gasteiger partial charge < -0.3 is 24.3 Å². The summed E-state index contributed by atoms with van der Waals surface area (Å²) in [7, 11) is 0. The van der Waals surface area contributed by atoms with Crippen molar-refractivity contribution in [1.82, 2.24) is 5.32 Å². The van der Waals surface area contributed by atoms with Gasteiger partial charge in [-0.2, -0.15) is 0 Å². The fraction of sp³-hybridized carbons (Fsp3) is 0.611. The molecule has 0 aromatic rings. The Morgan fingerprint density at radius 1 is 0.875 bits per heavy atom. The first-order valence-electron chi connectivity index (χ1n) is 7.85. The molecule has 24 heavy (non-hydrogen) atoms. The SMILES string of the molecule is C=CCOCC(COCC=C)(COCC=C)NC(=O)OC(C)(C)C. The maximum Gasteiger partial charge on any atom is 0.408 e. The van der Waals surface area contributed by atoms with Crippen LogP contribution >= 0.6 is 0 Å². The number of nitrogens with one attached hydrogen (secondary N) is 1. The average molecular weight is 341 g/mol. The van der Waals surface area contributed by atoms with Gasteiger partial charge in [0.15, 0.2) is 0 Å². The van der Waals surface area contributed by atoms with Crippen molar-refractivity contribution in [2.75, 3.05) is 39.6 Å². The van der Waals surface area contributed by atoms with Crippen molar-refractivity contribution in [3.63, 3.8) is 0 Å². The molecule has 6 nitrogen and oxygen atoms in total. The van der Waals surface area contributed by atoms with E-state index >= 15 is 0 Å². The van der Waals surface area contributed by atoms with Gasteiger partial charge in [0.2, 0.25) is 0 Å². The smallest absolute Gasteiger partial charge is 0.408 e. The van der Waals surface area contributed by atoms with Gasteiger partial charge >= 0.3 is 6.09 Å². The second-order valence-corrected chi connectivity index (χ2v) is 6.32. The van der Waals surface area contributed by atoms with Crippen LogP contribution in [0.15, 0.2) is 38.0 Å². The first kappa shape index (κ1) is 22.4. The minimum atomic E-state index is -0.892. The van der Waals surface area contributed by atoms with Crippen molar-refractivity contribution < 1.29 is 23.7 Å². The van der Waals surface area contributed by atoms with Gasteiger partial charge in [0.05, 0.1) is 39.6 Å². The van der Waals surface area contributed by atoms with Crippen LogP contribution in [0.3, 0.4) is 0 Å². The molecule has 0 aliphatic heterocycles. The molecule has 0 radical (unpaired) electrons. The fourth-order valence-electron chi connectivity index (χ4n) is 1.77. The molecule has 0 aromatic carbocycles. The molecular weight excluding hydrogens is 310 g/mol. The van der Waals surface area contributed by atoms with Crippen molar-refractivity contribution in [1.29, 1.82) is 0 Å². The fourth-order valence-corrected chi connectivity index (χ4v) is 1.77. The van der Waals surface area contributed by atoms with E-state index < -0.39 is 17.2 Å². The largest absolute Gasteiger partial charge is 0.444 e. The molecule has 138 valence electrons. The number of amides is 1. The monoisotopic (exact) mass is 341 g/mol. The van der Waals surface area contributed by atoms with E-state index in [0.29, 0.717) is 19.8 Å². The maximum atomic E-state index is 12.2. The molecule has 1 N–H and O–H groups in total. The highest BCUT2D eigenvalue weighted by molar-refractivity contribution is 5.68. The average Bonchev–Trinajstić information content (AvgIpc) is 2.46.